The number of fused-ring (bicyclic) bond motifs is 2. The van der Waals surface area contributed by atoms with Crippen LogP contribution in [0.4, 0.5) is 0 Å². The van der Waals surface area contributed by atoms with Gasteiger partial charge in [0.15, 0.2) is 9.84 Å². The van der Waals surface area contributed by atoms with Gasteiger partial charge in [-0.25, -0.2) is 8.42 Å². The van der Waals surface area contributed by atoms with Gasteiger partial charge < -0.3 is 0 Å². The second-order valence-corrected chi connectivity index (χ2v) is 6.81. The highest BCUT2D eigenvalue weighted by Crippen LogP contribution is 2.47. The van der Waals surface area contributed by atoms with E-state index in [0.29, 0.717) is 4.90 Å². The fourth-order valence-electron chi connectivity index (χ4n) is 2.90. The molecule has 1 saturated carbocycles. The van der Waals surface area contributed by atoms with E-state index in [-0.39, 0.29) is 11.8 Å². The maximum Gasteiger partial charge on any atom is 0.185 e. The molecule has 0 radical (unpaired) electrons. The van der Waals surface area contributed by atoms with Crippen molar-refractivity contribution in [2.24, 2.45) is 11.8 Å². The molecule has 0 heterocycles. The second-order valence-electron chi connectivity index (χ2n) is 4.74. The van der Waals surface area contributed by atoms with Crippen LogP contribution in [0, 0.1) is 11.8 Å². The summed E-state index contributed by atoms with van der Waals surface area (Å²) in [5.41, 5.74) is 0.862. The third-order valence-corrected chi connectivity index (χ3v) is 6.00. The highest BCUT2D eigenvalue weighted by Gasteiger charge is 2.46. The maximum atomic E-state index is 12.5. The predicted molar refractivity (Wildman–Crippen MR) is 67.3 cm³/mol. The molecule has 0 aromatic heterocycles. The minimum Gasteiger partial charge on any atom is -0.223 e. The Labute approximate surface area is 102 Å². The Balaban J connectivity index is 2.06. The number of allylic oxidation sites excluding steroid dienone is 2. The summed E-state index contributed by atoms with van der Waals surface area (Å²) in [5.74, 6) is 0.390. The Hall–Kier alpha value is -1.35. The van der Waals surface area contributed by atoms with Gasteiger partial charge in [0.05, 0.1) is 10.1 Å². The lowest BCUT2D eigenvalue weighted by Crippen LogP contribution is -2.27. The molecular formula is C14H14O2S. The lowest BCUT2D eigenvalue weighted by Gasteiger charge is -2.20. The van der Waals surface area contributed by atoms with E-state index in [1.807, 2.05) is 12.1 Å². The molecule has 0 spiro atoms. The zero-order valence-electron chi connectivity index (χ0n) is 9.41. The first-order valence-electron chi connectivity index (χ1n) is 5.76. The standard InChI is InChI=1S/C14H14O2S/c1-10-11-7-8-12(9-11)14(10)17(15,16)13-5-3-2-4-6-13/h2-8,11-12,14H,1,9H2/t11-,12+,14-/m0/s1. The third kappa shape index (κ3) is 1.49. The third-order valence-electron chi connectivity index (χ3n) is 3.75. The Morgan fingerprint density at radius 3 is 2.41 bits per heavy atom. The normalized spacial score (nSPS) is 31.1. The fourth-order valence-corrected chi connectivity index (χ4v) is 4.96. The summed E-state index contributed by atoms with van der Waals surface area (Å²) in [5, 5.41) is -0.417. The molecule has 2 nitrogen and oxygen atoms in total. The van der Waals surface area contributed by atoms with Gasteiger partial charge in [0.25, 0.3) is 0 Å². The van der Waals surface area contributed by atoms with E-state index < -0.39 is 15.1 Å². The molecule has 0 saturated heterocycles. The van der Waals surface area contributed by atoms with Gasteiger partial charge in [0.1, 0.15) is 0 Å². The summed E-state index contributed by atoms with van der Waals surface area (Å²) in [4.78, 5) is 0.409. The van der Waals surface area contributed by atoms with Crippen molar-refractivity contribution >= 4 is 9.84 Å². The minimum atomic E-state index is -3.27. The van der Waals surface area contributed by atoms with Crippen LogP contribution in [0.1, 0.15) is 6.42 Å². The minimum absolute atomic E-state index is 0.123. The van der Waals surface area contributed by atoms with E-state index >= 15 is 0 Å². The topological polar surface area (TPSA) is 34.1 Å². The summed E-state index contributed by atoms with van der Waals surface area (Å²) in [6, 6.07) is 8.68. The number of hydrogen-bond donors (Lipinski definition) is 0. The van der Waals surface area contributed by atoms with Gasteiger partial charge in [-0.15, -0.1) is 0 Å². The first kappa shape index (κ1) is 10.8. The Morgan fingerprint density at radius 2 is 1.82 bits per heavy atom. The molecule has 17 heavy (non-hydrogen) atoms. The maximum absolute atomic E-state index is 12.5. The zero-order valence-corrected chi connectivity index (χ0v) is 10.2. The van der Waals surface area contributed by atoms with Crippen LogP contribution in [0.5, 0.6) is 0 Å². The summed E-state index contributed by atoms with van der Waals surface area (Å²) in [6.07, 6.45) is 5.03. The lowest BCUT2D eigenvalue weighted by molar-refractivity contribution is 0.573. The first-order chi connectivity index (χ1) is 8.10. The molecule has 1 aromatic carbocycles. The van der Waals surface area contributed by atoms with Gasteiger partial charge in [0, 0.05) is 0 Å². The molecule has 1 fully saturated rings. The van der Waals surface area contributed by atoms with Crippen LogP contribution in [0.25, 0.3) is 0 Å². The van der Waals surface area contributed by atoms with Crippen molar-refractivity contribution in [1.82, 2.24) is 0 Å². The molecule has 0 amide bonds. The van der Waals surface area contributed by atoms with E-state index in [0.717, 1.165) is 12.0 Å². The molecule has 3 atom stereocenters. The van der Waals surface area contributed by atoms with Crippen LogP contribution in [0.3, 0.4) is 0 Å². The van der Waals surface area contributed by atoms with Crippen LogP contribution >= 0.6 is 0 Å². The van der Waals surface area contributed by atoms with Crippen molar-refractivity contribution in [3.8, 4) is 0 Å². The van der Waals surface area contributed by atoms with Crippen LogP contribution in [-0.4, -0.2) is 13.7 Å². The van der Waals surface area contributed by atoms with E-state index in [2.05, 4.69) is 12.7 Å². The van der Waals surface area contributed by atoms with Crippen LogP contribution in [0.15, 0.2) is 59.5 Å². The van der Waals surface area contributed by atoms with Crippen LogP contribution in [0.2, 0.25) is 0 Å². The second kappa shape index (κ2) is 3.57. The molecule has 88 valence electrons. The van der Waals surface area contributed by atoms with Gasteiger partial charge in [0.2, 0.25) is 0 Å². The van der Waals surface area contributed by atoms with E-state index in [9.17, 15) is 8.42 Å². The summed E-state index contributed by atoms with van der Waals surface area (Å²) in [6.45, 7) is 3.98. The molecule has 2 bridgehead atoms. The lowest BCUT2D eigenvalue weighted by atomic mass is 10.0. The number of hydrogen-bond acceptors (Lipinski definition) is 2. The molecule has 2 aliphatic rings. The predicted octanol–water partition coefficient (Wildman–Crippen LogP) is 2.59. The molecular weight excluding hydrogens is 232 g/mol. The fraction of sp³-hybridized carbons (Fsp3) is 0.286. The number of benzene rings is 1. The largest absolute Gasteiger partial charge is 0.223 e. The first-order valence-corrected chi connectivity index (χ1v) is 7.31. The SMILES string of the molecule is C=C1[C@H]2C=C[C@H](C2)[C@H]1S(=O)(=O)c1ccccc1. The van der Waals surface area contributed by atoms with E-state index in [1.165, 1.54) is 0 Å². The average molecular weight is 246 g/mol. The van der Waals surface area contributed by atoms with Gasteiger partial charge in [-0.05, 0) is 30.4 Å². The molecule has 0 N–H and O–H groups in total. The van der Waals surface area contributed by atoms with Crippen LogP contribution < -0.4 is 0 Å². The Bertz CT molecular complexity index is 584. The zero-order chi connectivity index (χ0) is 12.0. The van der Waals surface area contributed by atoms with Crippen molar-refractivity contribution < 1.29 is 8.42 Å². The van der Waals surface area contributed by atoms with Gasteiger partial charge in [-0.1, -0.05) is 42.5 Å². The highest BCUT2D eigenvalue weighted by atomic mass is 32.2. The van der Waals surface area contributed by atoms with Gasteiger partial charge >= 0.3 is 0 Å². The molecule has 0 aliphatic heterocycles. The van der Waals surface area contributed by atoms with Crippen molar-refractivity contribution in [3.05, 3.63) is 54.6 Å². The Kier molecular flexibility index (Phi) is 2.26. The van der Waals surface area contributed by atoms with Crippen molar-refractivity contribution in [2.75, 3.05) is 0 Å². The highest BCUT2D eigenvalue weighted by molar-refractivity contribution is 7.92. The van der Waals surface area contributed by atoms with E-state index in [1.54, 1.807) is 24.3 Å². The molecule has 2 aliphatic carbocycles. The quantitative estimate of drug-likeness (QED) is 0.752. The van der Waals surface area contributed by atoms with Gasteiger partial charge in [-0.2, -0.15) is 0 Å². The molecule has 1 aromatic rings. The summed E-state index contributed by atoms with van der Waals surface area (Å²) >= 11 is 0. The monoisotopic (exact) mass is 246 g/mol. The summed E-state index contributed by atoms with van der Waals surface area (Å²) < 4.78 is 25.1. The van der Waals surface area contributed by atoms with Crippen molar-refractivity contribution in [3.63, 3.8) is 0 Å². The molecule has 3 heteroatoms. The Morgan fingerprint density at radius 1 is 1.12 bits per heavy atom. The van der Waals surface area contributed by atoms with Crippen LogP contribution in [-0.2, 0) is 9.84 Å². The summed E-state index contributed by atoms with van der Waals surface area (Å²) in [7, 11) is -3.27. The van der Waals surface area contributed by atoms with Crippen molar-refractivity contribution in [2.45, 2.75) is 16.6 Å². The number of sulfone groups is 1. The average Bonchev–Trinajstić information content (AvgIpc) is 2.90. The van der Waals surface area contributed by atoms with Gasteiger partial charge in [-0.3, -0.25) is 0 Å². The molecule has 0 unspecified atom stereocenters. The smallest absolute Gasteiger partial charge is 0.185 e. The molecule has 3 rings (SSSR count). The van der Waals surface area contributed by atoms with Crippen molar-refractivity contribution in [1.29, 1.82) is 0 Å². The number of rotatable bonds is 2. The van der Waals surface area contributed by atoms with E-state index in [4.69, 9.17) is 0 Å².